The second kappa shape index (κ2) is 6.33. The van der Waals surface area contributed by atoms with Crippen LogP contribution < -0.4 is 0 Å². The van der Waals surface area contributed by atoms with E-state index < -0.39 is 0 Å². The normalized spacial score (nSPS) is 11.0. The van der Waals surface area contributed by atoms with Gasteiger partial charge in [0.15, 0.2) is 5.78 Å². The number of thiophene rings is 1. The Bertz CT molecular complexity index is 742. The van der Waals surface area contributed by atoms with Crippen molar-refractivity contribution in [2.75, 3.05) is 0 Å². The Labute approximate surface area is 127 Å². The van der Waals surface area contributed by atoms with Crippen molar-refractivity contribution < 1.29 is 4.79 Å². The monoisotopic (exact) mass is 294 g/mol. The van der Waals surface area contributed by atoms with Crippen molar-refractivity contribution in [1.29, 1.82) is 0 Å². The second-order valence-electron chi connectivity index (χ2n) is 4.63. The van der Waals surface area contributed by atoms with Crippen LogP contribution in [0, 0.1) is 0 Å². The molecule has 0 aliphatic rings. The predicted octanol–water partition coefficient (Wildman–Crippen LogP) is 3.89. The van der Waals surface area contributed by atoms with Crippen LogP contribution in [0.5, 0.6) is 0 Å². The Morgan fingerprint density at radius 2 is 2.05 bits per heavy atom. The van der Waals surface area contributed by atoms with Gasteiger partial charge in [-0.15, -0.1) is 11.3 Å². The van der Waals surface area contributed by atoms with Crippen LogP contribution in [-0.2, 0) is 6.54 Å². The highest BCUT2D eigenvalue weighted by Gasteiger charge is 2.02. The van der Waals surface area contributed by atoms with Crippen molar-refractivity contribution >= 4 is 23.2 Å². The molecule has 4 heteroatoms. The zero-order chi connectivity index (χ0) is 14.5. The summed E-state index contributed by atoms with van der Waals surface area (Å²) < 4.78 is 1.87. The first-order valence-corrected chi connectivity index (χ1v) is 7.51. The topological polar surface area (TPSA) is 34.9 Å². The summed E-state index contributed by atoms with van der Waals surface area (Å²) in [5.41, 5.74) is 2.13. The average Bonchev–Trinajstić information content (AvgIpc) is 3.17. The number of aromatic nitrogens is 2. The molecule has 1 aromatic carbocycles. The SMILES string of the molecule is O=C(/C=C/c1cnn(Cc2ccccc2)c1)c1cccs1. The summed E-state index contributed by atoms with van der Waals surface area (Å²) in [5.74, 6) is 0.0285. The van der Waals surface area contributed by atoms with Crippen molar-refractivity contribution in [3.05, 3.63) is 82.3 Å². The molecule has 0 N–H and O–H groups in total. The van der Waals surface area contributed by atoms with E-state index in [4.69, 9.17) is 0 Å². The van der Waals surface area contributed by atoms with Crippen LogP contribution in [0.3, 0.4) is 0 Å². The summed E-state index contributed by atoms with van der Waals surface area (Å²) in [4.78, 5) is 12.6. The van der Waals surface area contributed by atoms with Gasteiger partial charge in [0.1, 0.15) is 0 Å². The Morgan fingerprint density at radius 3 is 2.81 bits per heavy atom. The fourth-order valence-electron chi connectivity index (χ4n) is 2.00. The van der Waals surface area contributed by atoms with E-state index >= 15 is 0 Å². The van der Waals surface area contributed by atoms with E-state index in [0.717, 1.165) is 17.0 Å². The van der Waals surface area contributed by atoms with Gasteiger partial charge in [0.2, 0.25) is 0 Å². The highest BCUT2D eigenvalue weighted by atomic mass is 32.1. The second-order valence-corrected chi connectivity index (χ2v) is 5.58. The van der Waals surface area contributed by atoms with E-state index in [2.05, 4.69) is 17.2 Å². The molecule has 21 heavy (non-hydrogen) atoms. The van der Waals surface area contributed by atoms with Gasteiger partial charge < -0.3 is 0 Å². The number of rotatable bonds is 5. The minimum Gasteiger partial charge on any atom is -0.288 e. The van der Waals surface area contributed by atoms with Gasteiger partial charge in [-0.25, -0.2) is 0 Å². The Kier molecular flexibility index (Phi) is 4.07. The van der Waals surface area contributed by atoms with Gasteiger partial charge in [0.25, 0.3) is 0 Å². The average molecular weight is 294 g/mol. The summed E-state index contributed by atoms with van der Waals surface area (Å²) in [5, 5.41) is 6.21. The number of hydrogen-bond donors (Lipinski definition) is 0. The maximum atomic E-state index is 11.9. The molecule has 2 heterocycles. The van der Waals surface area contributed by atoms with Crippen LogP contribution >= 0.6 is 11.3 Å². The molecule has 0 unspecified atom stereocenters. The maximum absolute atomic E-state index is 11.9. The highest BCUT2D eigenvalue weighted by molar-refractivity contribution is 7.12. The molecule has 2 aromatic heterocycles. The Balaban J connectivity index is 1.66. The largest absolute Gasteiger partial charge is 0.288 e. The van der Waals surface area contributed by atoms with Crippen LogP contribution in [0.2, 0.25) is 0 Å². The summed E-state index contributed by atoms with van der Waals surface area (Å²) in [6.07, 6.45) is 7.10. The van der Waals surface area contributed by atoms with Crippen LogP contribution in [0.1, 0.15) is 20.8 Å². The van der Waals surface area contributed by atoms with Crippen molar-refractivity contribution in [3.63, 3.8) is 0 Å². The third-order valence-corrected chi connectivity index (χ3v) is 3.92. The molecule has 3 aromatic rings. The number of nitrogens with zero attached hydrogens (tertiary/aromatic N) is 2. The van der Waals surface area contributed by atoms with E-state index in [9.17, 15) is 4.79 Å². The van der Waals surface area contributed by atoms with Gasteiger partial charge in [-0.05, 0) is 29.2 Å². The third-order valence-electron chi connectivity index (χ3n) is 3.03. The van der Waals surface area contributed by atoms with Gasteiger partial charge in [-0.1, -0.05) is 36.4 Å². The first-order valence-electron chi connectivity index (χ1n) is 6.63. The van der Waals surface area contributed by atoms with Gasteiger partial charge in [0, 0.05) is 11.8 Å². The smallest absolute Gasteiger partial charge is 0.195 e. The Morgan fingerprint density at radius 1 is 1.19 bits per heavy atom. The van der Waals surface area contributed by atoms with Gasteiger partial charge in [-0.3, -0.25) is 9.48 Å². The fraction of sp³-hybridized carbons (Fsp3) is 0.0588. The zero-order valence-corrected chi connectivity index (χ0v) is 12.2. The number of carbonyl (C=O) groups excluding carboxylic acids is 1. The predicted molar refractivity (Wildman–Crippen MR) is 85.5 cm³/mol. The molecule has 104 valence electrons. The van der Waals surface area contributed by atoms with Crippen molar-refractivity contribution in [3.8, 4) is 0 Å². The summed E-state index contributed by atoms with van der Waals surface area (Å²) in [6.45, 7) is 0.730. The highest BCUT2D eigenvalue weighted by Crippen LogP contribution is 2.11. The molecule has 0 radical (unpaired) electrons. The quantitative estimate of drug-likeness (QED) is 0.528. The van der Waals surface area contributed by atoms with Crippen LogP contribution in [-0.4, -0.2) is 15.6 Å². The lowest BCUT2D eigenvalue weighted by molar-refractivity contribution is 0.105. The molecular weight excluding hydrogens is 280 g/mol. The van der Waals surface area contributed by atoms with E-state index in [1.165, 1.54) is 16.9 Å². The van der Waals surface area contributed by atoms with Crippen LogP contribution in [0.4, 0.5) is 0 Å². The molecule has 3 rings (SSSR count). The molecule has 0 amide bonds. The van der Waals surface area contributed by atoms with Crippen molar-refractivity contribution in [2.24, 2.45) is 0 Å². The fourth-order valence-corrected chi connectivity index (χ4v) is 2.64. The molecule has 0 saturated heterocycles. The zero-order valence-electron chi connectivity index (χ0n) is 11.3. The summed E-state index contributed by atoms with van der Waals surface area (Å²) >= 11 is 1.45. The lowest BCUT2D eigenvalue weighted by Crippen LogP contribution is -1.99. The lowest BCUT2D eigenvalue weighted by atomic mass is 10.2. The van der Waals surface area contributed by atoms with Crippen LogP contribution in [0.25, 0.3) is 6.08 Å². The van der Waals surface area contributed by atoms with E-state index in [0.29, 0.717) is 0 Å². The van der Waals surface area contributed by atoms with Crippen LogP contribution in [0.15, 0.2) is 66.3 Å². The standard InChI is InChI=1S/C17H14N2OS/c20-16(17-7-4-10-21-17)9-8-15-11-18-19(13-15)12-14-5-2-1-3-6-14/h1-11,13H,12H2/b9-8+. The number of carbonyl (C=O) groups is 1. The molecule has 0 spiro atoms. The van der Waals surface area contributed by atoms with Gasteiger partial charge >= 0.3 is 0 Å². The van der Waals surface area contributed by atoms with Crippen molar-refractivity contribution in [1.82, 2.24) is 9.78 Å². The molecule has 0 fully saturated rings. The number of ketones is 1. The lowest BCUT2D eigenvalue weighted by Gasteiger charge is -2.00. The summed E-state index contributed by atoms with van der Waals surface area (Å²) in [7, 11) is 0. The number of allylic oxidation sites excluding steroid dienone is 1. The van der Waals surface area contributed by atoms with Gasteiger partial charge in [0.05, 0.1) is 17.6 Å². The van der Waals surface area contributed by atoms with Gasteiger partial charge in [-0.2, -0.15) is 5.10 Å². The molecule has 0 aliphatic carbocycles. The molecular formula is C17H14N2OS. The van der Waals surface area contributed by atoms with E-state index in [1.54, 1.807) is 18.3 Å². The van der Waals surface area contributed by atoms with Crippen molar-refractivity contribution in [2.45, 2.75) is 6.54 Å². The molecule has 0 aliphatic heterocycles. The molecule has 0 bridgehead atoms. The first kappa shape index (κ1) is 13.5. The first-order chi connectivity index (χ1) is 10.3. The maximum Gasteiger partial charge on any atom is 0.195 e. The minimum absolute atomic E-state index is 0.0285. The molecule has 0 saturated carbocycles. The summed E-state index contributed by atoms with van der Waals surface area (Å²) in [6, 6.07) is 13.9. The van der Waals surface area contributed by atoms with E-state index in [1.807, 2.05) is 46.6 Å². The Hall–Kier alpha value is -2.46. The number of hydrogen-bond acceptors (Lipinski definition) is 3. The van der Waals surface area contributed by atoms with E-state index in [-0.39, 0.29) is 5.78 Å². The molecule has 0 atom stereocenters. The third kappa shape index (κ3) is 3.55. The number of benzene rings is 1. The minimum atomic E-state index is 0.0285. The molecule has 3 nitrogen and oxygen atoms in total.